The van der Waals surface area contributed by atoms with E-state index in [1.54, 1.807) is 7.11 Å². The minimum atomic E-state index is 0.234. The van der Waals surface area contributed by atoms with Gasteiger partial charge in [0.15, 0.2) is 0 Å². The number of hydrogen-bond donors (Lipinski definition) is 1. The van der Waals surface area contributed by atoms with Gasteiger partial charge in [-0.25, -0.2) is 0 Å². The average Bonchev–Trinajstić information content (AvgIpc) is 3.19. The van der Waals surface area contributed by atoms with E-state index in [0.29, 0.717) is 0 Å². The highest BCUT2D eigenvalue weighted by atomic mass is 79.9. The van der Waals surface area contributed by atoms with Crippen molar-refractivity contribution in [3.8, 4) is 5.75 Å². The summed E-state index contributed by atoms with van der Waals surface area (Å²) in [5.41, 5.74) is 1.55. The van der Waals surface area contributed by atoms with E-state index in [1.807, 2.05) is 6.07 Å². The van der Waals surface area contributed by atoms with Gasteiger partial charge in [0.2, 0.25) is 0 Å². The van der Waals surface area contributed by atoms with Crippen LogP contribution in [0.25, 0.3) is 0 Å². The van der Waals surface area contributed by atoms with Crippen molar-refractivity contribution >= 4 is 15.9 Å². The molecule has 1 saturated heterocycles. The zero-order valence-corrected chi connectivity index (χ0v) is 13.5. The molecule has 110 valence electrons. The van der Waals surface area contributed by atoms with Gasteiger partial charge in [-0.3, -0.25) is 0 Å². The van der Waals surface area contributed by atoms with Crippen LogP contribution in [0.2, 0.25) is 0 Å². The number of ether oxygens (including phenoxy) is 2. The summed E-state index contributed by atoms with van der Waals surface area (Å²) in [7, 11) is 1.72. The number of rotatable bonds is 6. The number of benzene rings is 1. The lowest BCUT2D eigenvalue weighted by atomic mass is 9.80. The Bertz CT molecular complexity index is 468. The molecule has 0 bridgehead atoms. The fraction of sp³-hybridized carbons (Fsp3) is 0.625. The SMILES string of the molecule is COc1ccc(Br)c(CC2(CNC3CC3)CCOC2)c1. The van der Waals surface area contributed by atoms with Gasteiger partial charge in [0.25, 0.3) is 0 Å². The lowest BCUT2D eigenvalue weighted by molar-refractivity contribution is 0.149. The van der Waals surface area contributed by atoms with Gasteiger partial charge in [0, 0.05) is 29.1 Å². The maximum atomic E-state index is 5.70. The summed E-state index contributed by atoms with van der Waals surface area (Å²) >= 11 is 3.67. The minimum Gasteiger partial charge on any atom is -0.497 e. The molecule has 1 aromatic carbocycles. The Hall–Kier alpha value is -0.580. The molecule has 2 fully saturated rings. The molecule has 1 unspecified atom stereocenters. The molecule has 3 nitrogen and oxygen atoms in total. The van der Waals surface area contributed by atoms with E-state index < -0.39 is 0 Å². The molecular weight excluding hydrogens is 318 g/mol. The second-order valence-corrected chi connectivity index (χ2v) is 6.95. The fourth-order valence-electron chi connectivity index (χ4n) is 2.86. The van der Waals surface area contributed by atoms with Crippen LogP contribution in [0.5, 0.6) is 5.75 Å². The van der Waals surface area contributed by atoms with Gasteiger partial charge in [-0.1, -0.05) is 15.9 Å². The Kier molecular flexibility index (Phi) is 4.34. The molecule has 1 aromatic rings. The van der Waals surface area contributed by atoms with Crippen LogP contribution in [0.4, 0.5) is 0 Å². The predicted molar refractivity (Wildman–Crippen MR) is 83.3 cm³/mol. The van der Waals surface area contributed by atoms with Crippen molar-refractivity contribution in [2.24, 2.45) is 5.41 Å². The van der Waals surface area contributed by atoms with E-state index in [1.165, 1.54) is 18.4 Å². The lowest BCUT2D eigenvalue weighted by Gasteiger charge is -2.28. The topological polar surface area (TPSA) is 30.5 Å². The van der Waals surface area contributed by atoms with Gasteiger partial charge in [-0.05, 0) is 49.4 Å². The van der Waals surface area contributed by atoms with E-state index in [9.17, 15) is 0 Å². The molecule has 1 saturated carbocycles. The molecule has 1 aliphatic carbocycles. The van der Waals surface area contributed by atoms with E-state index in [4.69, 9.17) is 9.47 Å². The van der Waals surface area contributed by atoms with Crippen molar-refractivity contribution in [2.45, 2.75) is 31.7 Å². The Labute approximate surface area is 129 Å². The highest BCUT2D eigenvalue weighted by molar-refractivity contribution is 9.10. The molecule has 4 heteroatoms. The zero-order chi connectivity index (χ0) is 14.0. The van der Waals surface area contributed by atoms with Crippen LogP contribution in [-0.2, 0) is 11.2 Å². The van der Waals surface area contributed by atoms with Gasteiger partial charge in [0.05, 0.1) is 13.7 Å². The van der Waals surface area contributed by atoms with Gasteiger partial charge in [0.1, 0.15) is 5.75 Å². The first-order chi connectivity index (χ1) is 9.71. The number of nitrogens with one attached hydrogen (secondary N) is 1. The van der Waals surface area contributed by atoms with Gasteiger partial charge in [-0.15, -0.1) is 0 Å². The van der Waals surface area contributed by atoms with E-state index >= 15 is 0 Å². The largest absolute Gasteiger partial charge is 0.497 e. The maximum absolute atomic E-state index is 5.70. The first-order valence-corrected chi connectivity index (χ1v) is 8.14. The van der Waals surface area contributed by atoms with Crippen LogP contribution in [0.15, 0.2) is 22.7 Å². The third-order valence-electron chi connectivity index (χ3n) is 4.35. The molecule has 1 heterocycles. The van der Waals surface area contributed by atoms with Crippen molar-refractivity contribution in [1.82, 2.24) is 5.32 Å². The van der Waals surface area contributed by atoms with E-state index in [-0.39, 0.29) is 5.41 Å². The molecule has 0 radical (unpaired) electrons. The summed E-state index contributed by atoms with van der Waals surface area (Å²) in [6.45, 7) is 2.80. The second kappa shape index (κ2) is 6.04. The summed E-state index contributed by atoms with van der Waals surface area (Å²) in [6, 6.07) is 6.96. The predicted octanol–water partition coefficient (Wildman–Crippen LogP) is 3.16. The fourth-order valence-corrected chi connectivity index (χ4v) is 3.24. The Balaban J connectivity index is 1.74. The molecule has 20 heavy (non-hydrogen) atoms. The van der Waals surface area contributed by atoms with Crippen LogP contribution in [0, 0.1) is 5.41 Å². The summed E-state index contributed by atoms with van der Waals surface area (Å²) in [5, 5.41) is 3.68. The smallest absolute Gasteiger partial charge is 0.119 e. The summed E-state index contributed by atoms with van der Waals surface area (Å²) in [5.74, 6) is 0.924. The van der Waals surface area contributed by atoms with Gasteiger partial charge < -0.3 is 14.8 Å². The normalized spacial score (nSPS) is 25.9. The Morgan fingerprint density at radius 3 is 2.95 bits per heavy atom. The first kappa shape index (κ1) is 14.4. The minimum absolute atomic E-state index is 0.234. The summed E-state index contributed by atoms with van der Waals surface area (Å²) in [4.78, 5) is 0. The molecule has 1 atom stereocenters. The van der Waals surface area contributed by atoms with Crippen molar-refractivity contribution in [3.63, 3.8) is 0 Å². The number of methoxy groups -OCH3 is 1. The van der Waals surface area contributed by atoms with Gasteiger partial charge in [-0.2, -0.15) is 0 Å². The maximum Gasteiger partial charge on any atom is 0.119 e. The average molecular weight is 340 g/mol. The zero-order valence-electron chi connectivity index (χ0n) is 12.0. The van der Waals surface area contributed by atoms with Crippen LogP contribution in [0.1, 0.15) is 24.8 Å². The van der Waals surface area contributed by atoms with E-state index in [2.05, 4.69) is 33.4 Å². The van der Waals surface area contributed by atoms with Crippen molar-refractivity contribution in [2.75, 3.05) is 26.9 Å². The van der Waals surface area contributed by atoms with Crippen LogP contribution in [-0.4, -0.2) is 32.9 Å². The quantitative estimate of drug-likeness (QED) is 0.863. The monoisotopic (exact) mass is 339 g/mol. The summed E-state index contributed by atoms with van der Waals surface area (Å²) < 4.78 is 12.2. The van der Waals surface area contributed by atoms with Crippen LogP contribution < -0.4 is 10.1 Å². The van der Waals surface area contributed by atoms with Crippen LogP contribution in [0.3, 0.4) is 0 Å². The Morgan fingerprint density at radius 1 is 1.45 bits per heavy atom. The highest BCUT2D eigenvalue weighted by Gasteiger charge is 2.37. The number of hydrogen-bond acceptors (Lipinski definition) is 3. The molecule has 0 aromatic heterocycles. The summed E-state index contributed by atoms with van der Waals surface area (Å²) in [6.07, 6.45) is 4.83. The van der Waals surface area contributed by atoms with Crippen LogP contribution >= 0.6 is 15.9 Å². The second-order valence-electron chi connectivity index (χ2n) is 6.09. The third kappa shape index (κ3) is 3.35. The van der Waals surface area contributed by atoms with E-state index in [0.717, 1.165) is 48.9 Å². The molecule has 2 aliphatic rings. The molecule has 1 N–H and O–H groups in total. The first-order valence-electron chi connectivity index (χ1n) is 7.34. The van der Waals surface area contributed by atoms with Crippen molar-refractivity contribution in [3.05, 3.63) is 28.2 Å². The molecule has 0 spiro atoms. The highest BCUT2D eigenvalue weighted by Crippen LogP contribution is 2.36. The third-order valence-corrected chi connectivity index (χ3v) is 5.12. The molecule has 0 amide bonds. The Morgan fingerprint density at radius 2 is 2.30 bits per heavy atom. The van der Waals surface area contributed by atoms with Gasteiger partial charge >= 0.3 is 0 Å². The standard InChI is InChI=1S/C16H22BrNO2/c1-19-14-4-5-15(17)12(8-14)9-16(6-7-20-11-16)10-18-13-2-3-13/h4-5,8,13,18H,2-3,6-7,9-11H2,1H3. The molecule has 3 rings (SSSR count). The van der Waals surface area contributed by atoms with Crippen molar-refractivity contribution < 1.29 is 9.47 Å². The molecule has 1 aliphatic heterocycles. The van der Waals surface area contributed by atoms with Crippen molar-refractivity contribution in [1.29, 1.82) is 0 Å². The number of halogens is 1. The lowest BCUT2D eigenvalue weighted by Crippen LogP contribution is -2.37. The molecular formula is C16H22BrNO2.